The van der Waals surface area contributed by atoms with E-state index < -0.39 is 5.97 Å². The van der Waals surface area contributed by atoms with Crippen LogP contribution in [0.1, 0.15) is 35.7 Å². The van der Waals surface area contributed by atoms with Crippen LogP contribution in [0.25, 0.3) is 16.2 Å². The van der Waals surface area contributed by atoms with Crippen LogP contribution in [0.15, 0.2) is 11.1 Å². The molecule has 1 aliphatic rings. The van der Waals surface area contributed by atoms with Crippen molar-refractivity contribution in [2.45, 2.75) is 51.3 Å². The van der Waals surface area contributed by atoms with Gasteiger partial charge in [-0.15, -0.1) is 11.3 Å². The van der Waals surface area contributed by atoms with Gasteiger partial charge in [-0.05, 0) is 39.3 Å². The average molecular weight is 404 g/mol. The van der Waals surface area contributed by atoms with Gasteiger partial charge in [0.15, 0.2) is 0 Å². The first-order chi connectivity index (χ1) is 12.7. The molecule has 0 aromatic carbocycles. The number of aryl methyl sites for hydroxylation is 2. The largest absolute Gasteiger partial charge is 0.549 e. The van der Waals surface area contributed by atoms with Crippen molar-refractivity contribution in [3.63, 3.8) is 0 Å². The molecule has 0 aliphatic carbocycles. The second-order valence-corrected chi connectivity index (χ2v) is 9.29. The van der Waals surface area contributed by atoms with Crippen LogP contribution >= 0.6 is 23.1 Å². The van der Waals surface area contributed by atoms with E-state index in [1.165, 1.54) is 11.8 Å². The van der Waals surface area contributed by atoms with Crippen molar-refractivity contribution < 1.29 is 14.6 Å². The van der Waals surface area contributed by atoms with Gasteiger partial charge in [0.05, 0.1) is 23.9 Å². The van der Waals surface area contributed by atoms with E-state index in [1.807, 2.05) is 19.9 Å². The Kier molecular flexibility index (Phi) is 4.48. The maximum atomic E-state index is 11.0. The zero-order valence-electron chi connectivity index (χ0n) is 15.5. The number of nitrogens with zero attached hydrogens (tertiary/aromatic N) is 4. The molecule has 3 aromatic heterocycles. The minimum Gasteiger partial charge on any atom is -0.549 e. The first-order valence-electron chi connectivity index (χ1n) is 8.56. The summed E-state index contributed by atoms with van der Waals surface area (Å²) >= 11 is 2.75. The molecular weight excluding hydrogens is 384 g/mol. The fraction of sp³-hybridized carbons (Fsp3) is 0.444. The summed E-state index contributed by atoms with van der Waals surface area (Å²) in [6.07, 6.45) is 0.740. The third kappa shape index (κ3) is 3.46. The molecule has 0 saturated carbocycles. The van der Waals surface area contributed by atoms with E-state index in [4.69, 9.17) is 9.72 Å². The highest BCUT2D eigenvalue weighted by Crippen LogP contribution is 2.41. The number of aromatic nitrogens is 4. The number of carboxylic acids is 1. The first kappa shape index (κ1) is 18.4. The first-order valence-corrected chi connectivity index (χ1v) is 10.4. The zero-order chi connectivity index (χ0) is 19.3. The van der Waals surface area contributed by atoms with Gasteiger partial charge in [-0.25, -0.2) is 9.67 Å². The SMILES string of the molecule is Cc1cc(C)n(-c2nc(SCC(=O)[O-])c3c4c(sc3n2)COC(C)(C)C4)n1. The lowest BCUT2D eigenvalue weighted by Crippen LogP contribution is -2.31. The average Bonchev–Trinajstić information content (AvgIpc) is 3.10. The molecule has 0 N–H and O–H groups in total. The summed E-state index contributed by atoms with van der Waals surface area (Å²) in [5.41, 5.74) is 2.69. The minimum absolute atomic E-state index is 0.160. The monoisotopic (exact) mass is 403 g/mol. The van der Waals surface area contributed by atoms with Crippen molar-refractivity contribution in [1.82, 2.24) is 19.7 Å². The summed E-state index contributed by atoms with van der Waals surface area (Å²) < 4.78 is 7.62. The van der Waals surface area contributed by atoms with Crippen LogP contribution in [0.4, 0.5) is 0 Å². The fourth-order valence-electron chi connectivity index (χ4n) is 3.26. The van der Waals surface area contributed by atoms with Crippen LogP contribution in [0.2, 0.25) is 0 Å². The van der Waals surface area contributed by atoms with Crippen LogP contribution in [0.3, 0.4) is 0 Å². The molecule has 1 aliphatic heterocycles. The molecule has 9 heteroatoms. The molecule has 0 spiro atoms. The highest BCUT2D eigenvalue weighted by atomic mass is 32.2. The van der Waals surface area contributed by atoms with E-state index in [-0.39, 0.29) is 11.4 Å². The Morgan fingerprint density at radius 3 is 2.85 bits per heavy atom. The van der Waals surface area contributed by atoms with Crippen molar-refractivity contribution in [3.05, 3.63) is 27.9 Å². The fourth-order valence-corrected chi connectivity index (χ4v) is 5.19. The van der Waals surface area contributed by atoms with Crippen molar-refractivity contribution in [2.24, 2.45) is 0 Å². The van der Waals surface area contributed by atoms with Crippen molar-refractivity contribution in [2.75, 3.05) is 5.75 Å². The van der Waals surface area contributed by atoms with Gasteiger partial charge in [-0.3, -0.25) is 0 Å². The number of fused-ring (bicyclic) bond motifs is 3. The molecule has 0 saturated heterocycles. The van der Waals surface area contributed by atoms with E-state index in [1.54, 1.807) is 16.0 Å². The Morgan fingerprint density at radius 1 is 1.41 bits per heavy atom. The number of hydrogen-bond donors (Lipinski definition) is 0. The van der Waals surface area contributed by atoms with Crippen LogP contribution < -0.4 is 5.11 Å². The predicted molar refractivity (Wildman–Crippen MR) is 102 cm³/mol. The molecular formula is C18H19N4O3S2-. The lowest BCUT2D eigenvalue weighted by molar-refractivity contribution is -0.301. The maximum Gasteiger partial charge on any atom is 0.253 e. The summed E-state index contributed by atoms with van der Waals surface area (Å²) in [6, 6.07) is 1.96. The van der Waals surface area contributed by atoms with Gasteiger partial charge >= 0.3 is 0 Å². The third-order valence-corrected chi connectivity index (χ3v) is 6.46. The van der Waals surface area contributed by atoms with Gasteiger partial charge in [-0.2, -0.15) is 10.1 Å². The molecule has 0 unspecified atom stereocenters. The molecule has 7 nitrogen and oxygen atoms in total. The van der Waals surface area contributed by atoms with Gasteiger partial charge in [0.2, 0.25) is 0 Å². The number of carbonyl (C=O) groups excluding carboxylic acids is 1. The van der Waals surface area contributed by atoms with Gasteiger partial charge in [0, 0.05) is 28.1 Å². The Bertz CT molecular complexity index is 1050. The minimum atomic E-state index is -1.12. The maximum absolute atomic E-state index is 11.0. The molecule has 0 radical (unpaired) electrons. The zero-order valence-corrected chi connectivity index (χ0v) is 17.2. The molecule has 0 fully saturated rings. The number of thioether (sulfide) groups is 1. The molecule has 27 heavy (non-hydrogen) atoms. The normalized spacial score (nSPS) is 15.9. The van der Waals surface area contributed by atoms with Crippen LogP contribution in [0.5, 0.6) is 0 Å². The van der Waals surface area contributed by atoms with Gasteiger partial charge in [0.25, 0.3) is 5.95 Å². The molecule has 3 aromatic rings. The van der Waals surface area contributed by atoms with Gasteiger partial charge in [0.1, 0.15) is 9.86 Å². The molecule has 142 valence electrons. The summed E-state index contributed by atoms with van der Waals surface area (Å²) in [5.74, 6) is -0.826. The number of thiophene rings is 1. The highest BCUT2D eigenvalue weighted by molar-refractivity contribution is 8.00. The summed E-state index contributed by atoms with van der Waals surface area (Å²) in [7, 11) is 0. The predicted octanol–water partition coefficient (Wildman–Crippen LogP) is 2.19. The summed E-state index contributed by atoms with van der Waals surface area (Å²) in [5, 5.41) is 17.1. The standard InChI is InChI=1S/C18H20N4O3S2/c1-9-5-10(2)22(21-9)17-19-15(26-8-13(23)24)14-11-6-18(3,4)25-7-12(11)27-16(14)20-17/h5H,6-8H2,1-4H3,(H,23,24)/p-1. The number of hydrogen-bond acceptors (Lipinski definition) is 8. The lowest BCUT2D eigenvalue weighted by Gasteiger charge is -2.30. The second-order valence-electron chi connectivity index (χ2n) is 7.24. The highest BCUT2D eigenvalue weighted by Gasteiger charge is 2.31. The molecule has 0 bridgehead atoms. The van der Waals surface area contributed by atoms with E-state index in [0.29, 0.717) is 17.6 Å². The van der Waals surface area contributed by atoms with E-state index in [0.717, 1.165) is 38.5 Å². The van der Waals surface area contributed by atoms with E-state index in [9.17, 15) is 9.90 Å². The van der Waals surface area contributed by atoms with Crippen LogP contribution in [-0.4, -0.2) is 37.1 Å². The van der Waals surface area contributed by atoms with Crippen LogP contribution in [-0.2, 0) is 22.6 Å². The summed E-state index contributed by atoms with van der Waals surface area (Å²) in [4.78, 5) is 22.4. The lowest BCUT2D eigenvalue weighted by atomic mass is 9.95. The topological polar surface area (TPSA) is 93.0 Å². The second kappa shape index (κ2) is 6.57. The quantitative estimate of drug-likeness (QED) is 0.487. The smallest absolute Gasteiger partial charge is 0.253 e. The Labute approximate surface area is 164 Å². The number of rotatable bonds is 4. The third-order valence-electron chi connectivity index (χ3n) is 4.41. The Hall–Kier alpha value is -1.97. The van der Waals surface area contributed by atoms with E-state index >= 15 is 0 Å². The molecule has 0 atom stereocenters. The van der Waals surface area contributed by atoms with Gasteiger partial charge < -0.3 is 14.6 Å². The van der Waals surface area contributed by atoms with Gasteiger partial charge in [-0.1, -0.05) is 11.8 Å². The Balaban J connectivity index is 1.91. The van der Waals surface area contributed by atoms with Crippen molar-refractivity contribution in [1.29, 1.82) is 0 Å². The summed E-state index contributed by atoms with van der Waals surface area (Å²) in [6.45, 7) is 8.49. The molecule has 4 heterocycles. The molecule has 4 rings (SSSR count). The number of aliphatic carboxylic acids is 1. The number of carboxylic acid groups (broad SMARTS) is 1. The van der Waals surface area contributed by atoms with E-state index in [2.05, 4.69) is 23.9 Å². The van der Waals surface area contributed by atoms with Crippen molar-refractivity contribution in [3.8, 4) is 5.95 Å². The number of carbonyl (C=O) groups is 1. The molecule has 0 amide bonds. The Morgan fingerprint density at radius 2 is 2.19 bits per heavy atom. The number of ether oxygens (including phenoxy) is 1. The van der Waals surface area contributed by atoms with Crippen molar-refractivity contribution >= 4 is 39.3 Å². The van der Waals surface area contributed by atoms with Crippen LogP contribution in [0, 0.1) is 13.8 Å².